The van der Waals surface area contributed by atoms with Crippen LogP contribution < -0.4 is 4.74 Å². The Labute approximate surface area is 92.8 Å². The summed E-state index contributed by atoms with van der Waals surface area (Å²) in [6.45, 7) is 3.12. The minimum Gasteiger partial charge on any atom is -0.508 e. The number of phenols is 1. The molecule has 83 valence electrons. The average Bonchev–Trinajstić information content (AvgIpc) is 2.15. The van der Waals surface area contributed by atoms with Crippen LogP contribution >= 0.6 is 0 Å². The number of phenolic OH excluding ortho intramolecular Hbond substituents is 1. The van der Waals surface area contributed by atoms with Crippen LogP contribution in [0.2, 0.25) is 0 Å². The van der Waals surface area contributed by atoms with E-state index in [0.717, 1.165) is 5.56 Å². The number of esters is 1. The lowest BCUT2D eigenvalue weighted by Gasteiger charge is -2.26. The molecule has 4 heteroatoms. The van der Waals surface area contributed by atoms with Crippen molar-refractivity contribution in [2.45, 2.75) is 19.8 Å². The molecule has 2 rings (SSSR count). The van der Waals surface area contributed by atoms with E-state index in [-0.39, 0.29) is 23.4 Å². The maximum atomic E-state index is 11.6. The normalized spacial score (nSPS) is 20.1. The first-order valence-electron chi connectivity index (χ1n) is 4.93. The van der Waals surface area contributed by atoms with Gasteiger partial charge in [-0.1, -0.05) is 13.0 Å². The Hall–Kier alpha value is -1.84. The zero-order valence-corrected chi connectivity index (χ0v) is 8.98. The van der Waals surface area contributed by atoms with Gasteiger partial charge in [-0.25, -0.2) is 0 Å². The summed E-state index contributed by atoms with van der Waals surface area (Å²) in [6.07, 6.45) is 0. The van der Waals surface area contributed by atoms with E-state index in [9.17, 15) is 14.7 Å². The largest absolute Gasteiger partial charge is 0.508 e. The average molecular weight is 219 g/mol. The third kappa shape index (κ3) is 1.56. The number of rotatable bonds is 1. The van der Waals surface area contributed by atoms with E-state index in [2.05, 4.69) is 0 Å². The summed E-state index contributed by atoms with van der Waals surface area (Å²) in [5, 5.41) is 9.27. The van der Waals surface area contributed by atoms with Crippen LogP contribution in [0.25, 0.3) is 0 Å². The van der Waals surface area contributed by atoms with Crippen molar-refractivity contribution < 1.29 is 19.4 Å². The number of ether oxygens (including phenoxy) is 1. The first-order valence-corrected chi connectivity index (χ1v) is 4.93. The van der Waals surface area contributed by atoms with Gasteiger partial charge in [0.25, 0.3) is 0 Å². The second-order valence-corrected chi connectivity index (χ2v) is 3.80. The van der Waals surface area contributed by atoms with Crippen molar-refractivity contribution in [2.24, 2.45) is 0 Å². The fourth-order valence-corrected chi connectivity index (χ4v) is 1.90. The maximum Gasteiger partial charge on any atom is 0.327 e. The van der Waals surface area contributed by atoms with E-state index < -0.39 is 5.97 Å². The number of carbonyl (C=O) groups is 2. The Morgan fingerprint density at radius 2 is 2.12 bits per heavy atom. The van der Waals surface area contributed by atoms with Crippen LogP contribution in [0.15, 0.2) is 18.2 Å². The van der Waals surface area contributed by atoms with E-state index in [1.807, 2.05) is 0 Å². The highest BCUT2D eigenvalue weighted by Gasteiger charge is 2.39. The fourth-order valence-electron chi connectivity index (χ4n) is 1.90. The SMILES string of the molecule is CC(=O)[C]1C(=O)Oc2cc(O)ccc2C1C. The van der Waals surface area contributed by atoms with E-state index in [1.54, 1.807) is 13.0 Å². The smallest absolute Gasteiger partial charge is 0.327 e. The van der Waals surface area contributed by atoms with Gasteiger partial charge in [0.2, 0.25) is 0 Å². The number of Topliss-reactive ketones (excluding diaryl/α,β-unsaturated/α-hetero) is 1. The molecule has 1 aromatic carbocycles. The molecule has 1 aromatic rings. The molecule has 4 nitrogen and oxygen atoms in total. The van der Waals surface area contributed by atoms with Crippen molar-refractivity contribution in [1.82, 2.24) is 0 Å². The van der Waals surface area contributed by atoms with Crippen LogP contribution in [0.1, 0.15) is 25.3 Å². The molecular weight excluding hydrogens is 208 g/mol. The quantitative estimate of drug-likeness (QED) is 0.575. The first-order chi connectivity index (χ1) is 7.50. The molecule has 1 aliphatic heterocycles. The number of benzene rings is 1. The van der Waals surface area contributed by atoms with E-state index >= 15 is 0 Å². The monoisotopic (exact) mass is 219 g/mol. The molecule has 1 atom stereocenters. The fraction of sp³-hybridized carbons (Fsp3) is 0.250. The Bertz CT molecular complexity index is 464. The number of fused-ring (bicyclic) bond motifs is 1. The minimum absolute atomic E-state index is 0.0324. The lowest BCUT2D eigenvalue weighted by molar-refractivity contribution is -0.136. The number of hydrogen-bond acceptors (Lipinski definition) is 4. The van der Waals surface area contributed by atoms with Gasteiger partial charge in [0.1, 0.15) is 17.3 Å². The van der Waals surface area contributed by atoms with Gasteiger partial charge in [-0.05, 0) is 18.6 Å². The van der Waals surface area contributed by atoms with Gasteiger partial charge < -0.3 is 9.84 Å². The van der Waals surface area contributed by atoms with Crippen LogP contribution in [0.3, 0.4) is 0 Å². The van der Waals surface area contributed by atoms with E-state index in [0.29, 0.717) is 5.75 Å². The van der Waals surface area contributed by atoms with Gasteiger partial charge >= 0.3 is 5.97 Å². The molecule has 0 amide bonds. The van der Waals surface area contributed by atoms with Gasteiger partial charge in [0, 0.05) is 12.0 Å². The molecule has 0 saturated heterocycles. The topological polar surface area (TPSA) is 63.6 Å². The summed E-state index contributed by atoms with van der Waals surface area (Å²) < 4.78 is 5.00. The summed E-state index contributed by atoms with van der Waals surface area (Å²) in [6, 6.07) is 4.54. The van der Waals surface area contributed by atoms with Crippen LogP contribution in [0, 0.1) is 5.92 Å². The minimum atomic E-state index is -0.627. The summed E-state index contributed by atoms with van der Waals surface area (Å²) in [5.74, 6) is -0.700. The van der Waals surface area contributed by atoms with E-state index in [1.165, 1.54) is 19.1 Å². The zero-order chi connectivity index (χ0) is 11.9. The van der Waals surface area contributed by atoms with Crippen molar-refractivity contribution >= 4 is 11.8 Å². The Morgan fingerprint density at radius 3 is 2.75 bits per heavy atom. The Morgan fingerprint density at radius 1 is 1.44 bits per heavy atom. The standard InChI is InChI=1S/C12H11O4/c1-6-9-4-3-8(14)5-10(9)16-12(15)11(6)7(2)13/h3-6,14H,1-2H3. The second-order valence-electron chi connectivity index (χ2n) is 3.80. The molecule has 0 aromatic heterocycles. The van der Waals surface area contributed by atoms with Gasteiger partial charge in [0.15, 0.2) is 5.92 Å². The van der Waals surface area contributed by atoms with Crippen molar-refractivity contribution in [3.8, 4) is 11.5 Å². The van der Waals surface area contributed by atoms with Crippen LogP contribution in [-0.2, 0) is 9.59 Å². The molecular formula is C12H11O4. The molecule has 16 heavy (non-hydrogen) atoms. The van der Waals surface area contributed by atoms with Gasteiger partial charge in [-0.15, -0.1) is 0 Å². The van der Waals surface area contributed by atoms with Crippen LogP contribution in [0.5, 0.6) is 11.5 Å². The van der Waals surface area contributed by atoms with Gasteiger partial charge in [-0.3, -0.25) is 9.59 Å². The molecule has 0 aliphatic carbocycles. The number of ketones is 1. The highest BCUT2D eigenvalue weighted by Crippen LogP contribution is 2.40. The van der Waals surface area contributed by atoms with E-state index in [4.69, 9.17) is 4.74 Å². The first kappa shape index (κ1) is 10.7. The highest BCUT2D eigenvalue weighted by molar-refractivity contribution is 6.15. The summed E-state index contributed by atoms with van der Waals surface area (Å²) >= 11 is 0. The molecule has 0 saturated carbocycles. The number of carbonyl (C=O) groups excluding carboxylic acids is 2. The predicted molar refractivity (Wildman–Crippen MR) is 56.1 cm³/mol. The van der Waals surface area contributed by atoms with Crippen LogP contribution in [-0.4, -0.2) is 16.9 Å². The lowest BCUT2D eigenvalue weighted by atomic mass is 9.83. The molecule has 0 spiro atoms. The highest BCUT2D eigenvalue weighted by atomic mass is 16.5. The van der Waals surface area contributed by atoms with Crippen molar-refractivity contribution in [3.63, 3.8) is 0 Å². The summed E-state index contributed by atoms with van der Waals surface area (Å²) in [4.78, 5) is 22.9. The molecule has 1 radical (unpaired) electrons. The zero-order valence-electron chi connectivity index (χ0n) is 8.98. The molecule has 1 heterocycles. The van der Waals surface area contributed by atoms with Gasteiger partial charge in [-0.2, -0.15) is 0 Å². The molecule has 0 bridgehead atoms. The second kappa shape index (κ2) is 3.63. The van der Waals surface area contributed by atoms with Crippen molar-refractivity contribution in [1.29, 1.82) is 0 Å². The third-order valence-electron chi connectivity index (χ3n) is 2.70. The molecule has 1 unspecified atom stereocenters. The molecule has 1 aliphatic rings. The van der Waals surface area contributed by atoms with Crippen molar-refractivity contribution in [2.75, 3.05) is 0 Å². The van der Waals surface area contributed by atoms with Gasteiger partial charge in [0.05, 0.1) is 0 Å². The molecule has 1 N–H and O–H groups in total. The third-order valence-corrected chi connectivity index (χ3v) is 2.70. The Balaban J connectivity index is 2.49. The number of aromatic hydroxyl groups is 1. The summed E-state index contributed by atoms with van der Waals surface area (Å²) in [7, 11) is 0. The summed E-state index contributed by atoms with van der Waals surface area (Å²) in [5.41, 5.74) is 0.739. The Kier molecular flexibility index (Phi) is 2.42. The predicted octanol–water partition coefficient (Wildman–Crippen LogP) is 1.58. The molecule has 0 fully saturated rings. The van der Waals surface area contributed by atoms with Crippen LogP contribution in [0.4, 0.5) is 0 Å². The number of hydrogen-bond donors (Lipinski definition) is 1. The lowest BCUT2D eigenvalue weighted by Crippen LogP contribution is -2.33. The maximum absolute atomic E-state index is 11.6. The van der Waals surface area contributed by atoms with Crippen molar-refractivity contribution in [3.05, 3.63) is 29.7 Å².